The van der Waals surface area contributed by atoms with Gasteiger partial charge < -0.3 is 26.4 Å². The fourth-order valence-electron chi connectivity index (χ4n) is 1.82. The molecule has 1 heterocycles. The quantitative estimate of drug-likeness (QED) is 0.529. The lowest BCUT2D eigenvalue weighted by atomic mass is 10.1. The molecule has 0 aliphatic carbocycles. The number of nitrogens with two attached hydrogens (primary N) is 2. The zero-order chi connectivity index (χ0) is 14.5. The van der Waals surface area contributed by atoms with Crippen molar-refractivity contribution in [2.24, 2.45) is 17.4 Å². The molecule has 1 aliphatic heterocycles. The average Bonchev–Trinajstić information content (AvgIpc) is 2.86. The Bertz CT molecular complexity index is 227. The van der Waals surface area contributed by atoms with E-state index in [2.05, 4.69) is 5.32 Å². The van der Waals surface area contributed by atoms with Crippen molar-refractivity contribution in [2.75, 3.05) is 45.9 Å². The number of rotatable bonds is 9. The van der Waals surface area contributed by atoms with Crippen LogP contribution < -0.4 is 16.8 Å². The molecule has 0 aromatic heterocycles. The number of carbonyl (C=O) groups is 1. The second kappa shape index (κ2) is 12.2. The van der Waals surface area contributed by atoms with E-state index in [1.54, 1.807) is 4.90 Å². The molecule has 1 atom stereocenters. The van der Waals surface area contributed by atoms with Gasteiger partial charge in [-0.1, -0.05) is 13.8 Å². The highest BCUT2D eigenvalue weighted by Gasteiger charge is 2.18. The van der Waals surface area contributed by atoms with Gasteiger partial charge in [0.15, 0.2) is 0 Å². The predicted octanol–water partition coefficient (Wildman–Crippen LogP) is 0.368. The summed E-state index contributed by atoms with van der Waals surface area (Å²) < 4.78 is 5.55. The topological polar surface area (TPSA) is 93.6 Å². The fourth-order valence-corrected chi connectivity index (χ4v) is 1.82. The van der Waals surface area contributed by atoms with Crippen molar-refractivity contribution >= 4 is 6.03 Å². The van der Waals surface area contributed by atoms with E-state index in [1.165, 1.54) is 0 Å². The molecular weight excluding hydrogens is 244 g/mol. The highest BCUT2D eigenvalue weighted by molar-refractivity contribution is 5.76. The lowest BCUT2D eigenvalue weighted by Gasteiger charge is -2.17. The number of amides is 2. The first-order valence-electron chi connectivity index (χ1n) is 7.28. The molecule has 0 spiro atoms. The van der Waals surface area contributed by atoms with Crippen LogP contribution in [0.5, 0.6) is 0 Å². The Morgan fingerprint density at radius 1 is 1.42 bits per heavy atom. The Morgan fingerprint density at radius 3 is 2.68 bits per heavy atom. The molecule has 1 saturated heterocycles. The van der Waals surface area contributed by atoms with Gasteiger partial charge >= 0.3 is 6.03 Å². The molecule has 2 amide bonds. The van der Waals surface area contributed by atoms with Crippen LogP contribution in [0.4, 0.5) is 4.79 Å². The Balaban J connectivity index is 0.00000154. The number of hydrogen-bond donors (Lipinski definition) is 3. The molecule has 114 valence electrons. The van der Waals surface area contributed by atoms with E-state index in [0.717, 1.165) is 25.9 Å². The monoisotopic (exact) mass is 274 g/mol. The van der Waals surface area contributed by atoms with Gasteiger partial charge in [-0.15, -0.1) is 0 Å². The SMILES string of the molecule is CC.NCCCC(CN)COCCN1CCNC1=O. The van der Waals surface area contributed by atoms with Crippen molar-refractivity contribution in [2.45, 2.75) is 26.7 Å². The van der Waals surface area contributed by atoms with Crippen molar-refractivity contribution < 1.29 is 9.53 Å². The molecule has 0 aromatic carbocycles. The van der Waals surface area contributed by atoms with Crippen LogP contribution in [0.25, 0.3) is 0 Å². The largest absolute Gasteiger partial charge is 0.379 e. The minimum atomic E-state index is 0.00658. The normalized spacial score (nSPS) is 15.8. The summed E-state index contributed by atoms with van der Waals surface area (Å²) in [5, 5.41) is 2.76. The van der Waals surface area contributed by atoms with Crippen molar-refractivity contribution in [1.29, 1.82) is 0 Å². The standard InChI is InChI=1S/C11H24N4O2.C2H6/c12-3-1-2-10(8-13)9-17-7-6-15-5-4-14-11(15)16;1-2/h10H,1-9,12-13H2,(H,14,16);1-2H3. The average molecular weight is 274 g/mol. The first-order valence-corrected chi connectivity index (χ1v) is 7.28. The van der Waals surface area contributed by atoms with Gasteiger partial charge in [0, 0.05) is 19.6 Å². The van der Waals surface area contributed by atoms with E-state index >= 15 is 0 Å². The summed E-state index contributed by atoms with van der Waals surface area (Å²) in [5.74, 6) is 0.381. The summed E-state index contributed by atoms with van der Waals surface area (Å²) in [4.78, 5) is 13.0. The molecule has 6 heteroatoms. The van der Waals surface area contributed by atoms with Crippen molar-refractivity contribution in [3.63, 3.8) is 0 Å². The fraction of sp³-hybridized carbons (Fsp3) is 0.923. The van der Waals surface area contributed by atoms with Crippen LogP contribution in [-0.2, 0) is 4.74 Å². The van der Waals surface area contributed by atoms with Crippen molar-refractivity contribution in [3.8, 4) is 0 Å². The predicted molar refractivity (Wildman–Crippen MR) is 78.0 cm³/mol. The first-order chi connectivity index (χ1) is 9.27. The molecule has 0 radical (unpaired) electrons. The Kier molecular flexibility index (Phi) is 11.7. The summed E-state index contributed by atoms with van der Waals surface area (Å²) in [6, 6.07) is 0.00658. The zero-order valence-electron chi connectivity index (χ0n) is 12.4. The highest BCUT2D eigenvalue weighted by Crippen LogP contribution is 2.05. The minimum absolute atomic E-state index is 0.00658. The van der Waals surface area contributed by atoms with E-state index in [1.807, 2.05) is 13.8 Å². The van der Waals surface area contributed by atoms with Crippen LogP contribution in [-0.4, -0.2) is 56.9 Å². The summed E-state index contributed by atoms with van der Waals surface area (Å²) >= 11 is 0. The van der Waals surface area contributed by atoms with Gasteiger partial charge in [-0.2, -0.15) is 0 Å². The molecule has 0 bridgehead atoms. The summed E-state index contributed by atoms with van der Waals surface area (Å²) in [6.45, 7) is 8.73. The molecule has 1 unspecified atom stereocenters. The van der Waals surface area contributed by atoms with E-state index in [0.29, 0.717) is 38.8 Å². The number of carbonyl (C=O) groups excluding carboxylic acids is 1. The van der Waals surface area contributed by atoms with Gasteiger partial charge in [0.05, 0.1) is 13.2 Å². The van der Waals surface area contributed by atoms with Crippen LogP contribution in [0, 0.1) is 5.92 Å². The lowest BCUT2D eigenvalue weighted by Crippen LogP contribution is -2.32. The molecule has 1 aliphatic rings. The van der Waals surface area contributed by atoms with Gasteiger partial charge in [-0.3, -0.25) is 0 Å². The van der Waals surface area contributed by atoms with E-state index in [-0.39, 0.29) is 6.03 Å². The maximum atomic E-state index is 11.2. The number of nitrogens with one attached hydrogen (secondary N) is 1. The number of ether oxygens (including phenoxy) is 1. The molecule has 0 saturated carbocycles. The summed E-state index contributed by atoms with van der Waals surface area (Å²) in [7, 11) is 0. The van der Waals surface area contributed by atoms with Gasteiger partial charge in [0.2, 0.25) is 0 Å². The molecule has 6 nitrogen and oxygen atoms in total. The van der Waals surface area contributed by atoms with Crippen LogP contribution >= 0.6 is 0 Å². The van der Waals surface area contributed by atoms with Crippen molar-refractivity contribution in [1.82, 2.24) is 10.2 Å². The third kappa shape index (κ3) is 8.02. The number of hydrogen-bond acceptors (Lipinski definition) is 4. The molecule has 1 rings (SSSR count). The molecule has 19 heavy (non-hydrogen) atoms. The Hall–Kier alpha value is -0.850. The van der Waals surface area contributed by atoms with Gasteiger partial charge in [-0.05, 0) is 31.8 Å². The Morgan fingerprint density at radius 2 is 2.16 bits per heavy atom. The summed E-state index contributed by atoms with van der Waals surface area (Å²) in [5.41, 5.74) is 11.1. The number of nitrogens with zero attached hydrogens (tertiary/aromatic N) is 1. The first kappa shape index (κ1) is 18.1. The van der Waals surface area contributed by atoms with Crippen LogP contribution in [0.3, 0.4) is 0 Å². The van der Waals surface area contributed by atoms with E-state index in [9.17, 15) is 4.79 Å². The molecular formula is C13H30N4O2. The van der Waals surface area contributed by atoms with Gasteiger partial charge in [0.1, 0.15) is 0 Å². The smallest absolute Gasteiger partial charge is 0.317 e. The van der Waals surface area contributed by atoms with Crippen LogP contribution in [0.2, 0.25) is 0 Å². The van der Waals surface area contributed by atoms with Crippen molar-refractivity contribution in [3.05, 3.63) is 0 Å². The molecule has 5 N–H and O–H groups in total. The second-order valence-electron chi connectivity index (χ2n) is 4.33. The second-order valence-corrected chi connectivity index (χ2v) is 4.33. The minimum Gasteiger partial charge on any atom is -0.379 e. The molecule has 1 fully saturated rings. The third-order valence-corrected chi connectivity index (χ3v) is 2.95. The van der Waals surface area contributed by atoms with E-state index < -0.39 is 0 Å². The highest BCUT2D eigenvalue weighted by atomic mass is 16.5. The lowest BCUT2D eigenvalue weighted by molar-refractivity contribution is 0.0860. The van der Waals surface area contributed by atoms with Crippen LogP contribution in [0.1, 0.15) is 26.7 Å². The zero-order valence-corrected chi connectivity index (χ0v) is 12.4. The maximum Gasteiger partial charge on any atom is 0.317 e. The maximum absolute atomic E-state index is 11.2. The van der Waals surface area contributed by atoms with Gasteiger partial charge in [-0.25, -0.2) is 4.79 Å². The third-order valence-electron chi connectivity index (χ3n) is 2.95. The van der Waals surface area contributed by atoms with Gasteiger partial charge in [0.25, 0.3) is 0 Å². The number of urea groups is 1. The molecule has 0 aromatic rings. The van der Waals surface area contributed by atoms with Crippen LogP contribution in [0.15, 0.2) is 0 Å². The Labute approximate surface area is 116 Å². The summed E-state index contributed by atoms with van der Waals surface area (Å²) in [6.07, 6.45) is 2.00. The van der Waals surface area contributed by atoms with E-state index in [4.69, 9.17) is 16.2 Å².